The van der Waals surface area contributed by atoms with E-state index >= 15 is 0 Å². The first-order valence-electron chi connectivity index (χ1n) is 5.67. The quantitative estimate of drug-likeness (QED) is 0.780. The van der Waals surface area contributed by atoms with E-state index in [9.17, 15) is 0 Å². The molecule has 1 heterocycles. The second-order valence-corrected chi connectivity index (χ2v) is 4.79. The van der Waals surface area contributed by atoms with Crippen LogP contribution in [0.4, 0.5) is 0 Å². The summed E-state index contributed by atoms with van der Waals surface area (Å²) in [5.41, 5.74) is 2.54. The molecule has 0 saturated heterocycles. The average Bonchev–Trinajstić information content (AvgIpc) is 2.77. The number of aromatic nitrogens is 2. The summed E-state index contributed by atoms with van der Waals surface area (Å²) in [7, 11) is 0. The summed E-state index contributed by atoms with van der Waals surface area (Å²) < 4.78 is 5.44. The zero-order valence-electron chi connectivity index (χ0n) is 9.98. The Morgan fingerprint density at radius 1 is 1.18 bits per heavy atom. The highest BCUT2D eigenvalue weighted by molar-refractivity contribution is 6.20. The molecule has 1 aromatic carbocycles. The third-order valence-corrected chi connectivity index (χ3v) is 2.76. The van der Waals surface area contributed by atoms with E-state index < -0.39 is 0 Å². The Kier molecular flexibility index (Phi) is 3.79. The number of aryl methyl sites for hydroxylation is 3. The molecule has 3 nitrogen and oxygen atoms in total. The molecular formula is C13H15ClN2O. The minimum absolute atomic E-state index is 0.226. The first-order chi connectivity index (χ1) is 8.15. The van der Waals surface area contributed by atoms with Crippen LogP contribution in [0.15, 0.2) is 28.7 Å². The third kappa shape index (κ3) is 3.30. The van der Waals surface area contributed by atoms with Gasteiger partial charge >= 0.3 is 0 Å². The maximum Gasteiger partial charge on any atom is 0.234 e. The molecule has 0 radical (unpaired) electrons. The lowest BCUT2D eigenvalue weighted by Crippen LogP contribution is -1.91. The molecule has 2 aromatic rings. The van der Waals surface area contributed by atoms with Gasteiger partial charge in [-0.25, -0.2) is 0 Å². The summed E-state index contributed by atoms with van der Waals surface area (Å²) in [5, 5.41) is 7.64. The van der Waals surface area contributed by atoms with Gasteiger partial charge in [-0.15, -0.1) is 21.8 Å². The minimum atomic E-state index is -0.226. The highest BCUT2D eigenvalue weighted by atomic mass is 35.5. The van der Waals surface area contributed by atoms with Gasteiger partial charge in [-0.1, -0.05) is 29.8 Å². The van der Waals surface area contributed by atoms with Crippen molar-refractivity contribution in [1.29, 1.82) is 0 Å². The summed E-state index contributed by atoms with van der Waals surface area (Å²) in [6.07, 6.45) is 1.65. The van der Waals surface area contributed by atoms with Gasteiger partial charge in [0.2, 0.25) is 11.8 Å². The van der Waals surface area contributed by atoms with E-state index in [4.69, 9.17) is 16.0 Å². The molecule has 90 valence electrons. The van der Waals surface area contributed by atoms with Crippen LogP contribution in [0.3, 0.4) is 0 Å². The number of nitrogens with zero attached hydrogens (tertiary/aromatic N) is 2. The molecule has 0 bridgehead atoms. The normalized spacial score (nSPS) is 12.6. The molecular weight excluding hydrogens is 236 g/mol. The van der Waals surface area contributed by atoms with Crippen LogP contribution >= 0.6 is 11.6 Å². The number of rotatable bonds is 4. The van der Waals surface area contributed by atoms with Crippen LogP contribution in [-0.2, 0) is 12.8 Å². The van der Waals surface area contributed by atoms with Crippen LogP contribution in [-0.4, -0.2) is 10.2 Å². The Hall–Kier alpha value is -1.35. The van der Waals surface area contributed by atoms with Gasteiger partial charge in [0.05, 0.1) is 0 Å². The molecule has 0 fully saturated rings. The Morgan fingerprint density at radius 3 is 2.47 bits per heavy atom. The standard InChI is InChI=1S/C13H15ClN2O/c1-9-3-5-11(6-4-9)7-8-12-15-16-13(17-12)10(2)14/h3-6,10H,7-8H2,1-2H3. The molecule has 4 heteroatoms. The van der Waals surface area contributed by atoms with Gasteiger partial charge in [-0.2, -0.15) is 0 Å². The van der Waals surface area contributed by atoms with Crippen molar-refractivity contribution >= 4 is 11.6 Å². The van der Waals surface area contributed by atoms with Crippen molar-refractivity contribution < 1.29 is 4.42 Å². The van der Waals surface area contributed by atoms with E-state index in [2.05, 4.69) is 41.4 Å². The molecule has 17 heavy (non-hydrogen) atoms. The van der Waals surface area contributed by atoms with Gasteiger partial charge in [-0.3, -0.25) is 0 Å². The predicted molar refractivity (Wildman–Crippen MR) is 67.2 cm³/mol. The molecule has 0 aliphatic rings. The van der Waals surface area contributed by atoms with Crippen molar-refractivity contribution in [2.45, 2.75) is 32.1 Å². The summed E-state index contributed by atoms with van der Waals surface area (Å²) in [4.78, 5) is 0. The van der Waals surface area contributed by atoms with E-state index in [1.807, 2.05) is 6.92 Å². The Labute approximate surface area is 106 Å². The average molecular weight is 251 g/mol. The molecule has 0 amide bonds. The Bertz CT molecular complexity index is 476. The summed E-state index contributed by atoms with van der Waals surface area (Å²) in [6, 6.07) is 8.46. The summed E-state index contributed by atoms with van der Waals surface area (Å²) in [6.45, 7) is 3.90. The van der Waals surface area contributed by atoms with Crippen LogP contribution in [0.25, 0.3) is 0 Å². The first kappa shape index (κ1) is 12.1. The lowest BCUT2D eigenvalue weighted by Gasteiger charge is -1.99. The van der Waals surface area contributed by atoms with E-state index in [-0.39, 0.29) is 5.38 Å². The van der Waals surface area contributed by atoms with E-state index in [1.54, 1.807) is 0 Å². The van der Waals surface area contributed by atoms with Gasteiger partial charge < -0.3 is 4.42 Å². The SMILES string of the molecule is Cc1ccc(CCc2nnc(C(C)Cl)o2)cc1. The fourth-order valence-electron chi connectivity index (χ4n) is 1.53. The predicted octanol–water partition coefficient (Wildman–Crippen LogP) is 3.46. The van der Waals surface area contributed by atoms with Crippen LogP contribution in [0.5, 0.6) is 0 Å². The Morgan fingerprint density at radius 2 is 1.88 bits per heavy atom. The number of halogens is 1. The molecule has 0 saturated carbocycles. The molecule has 0 aliphatic carbocycles. The van der Waals surface area contributed by atoms with Crippen LogP contribution in [0, 0.1) is 6.92 Å². The van der Waals surface area contributed by atoms with Gasteiger partial charge in [0.25, 0.3) is 0 Å². The van der Waals surface area contributed by atoms with Crippen molar-refractivity contribution in [2.75, 3.05) is 0 Å². The van der Waals surface area contributed by atoms with Crippen molar-refractivity contribution in [3.8, 4) is 0 Å². The highest BCUT2D eigenvalue weighted by Crippen LogP contribution is 2.18. The fraction of sp³-hybridized carbons (Fsp3) is 0.385. The number of benzene rings is 1. The zero-order valence-corrected chi connectivity index (χ0v) is 10.7. The first-order valence-corrected chi connectivity index (χ1v) is 6.10. The third-order valence-electron chi connectivity index (χ3n) is 2.57. The molecule has 2 rings (SSSR count). The topological polar surface area (TPSA) is 38.9 Å². The molecule has 1 aromatic heterocycles. The van der Waals surface area contributed by atoms with Crippen molar-refractivity contribution in [1.82, 2.24) is 10.2 Å². The van der Waals surface area contributed by atoms with Crippen molar-refractivity contribution in [3.05, 3.63) is 47.2 Å². The van der Waals surface area contributed by atoms with E-state index in [0.29, 0.717) is 11.8 Å². The molecule has 0 spiro atoms. The summed E-state index contributed by atoms with van der Waals surface area (Å²) in [5.74, 6) is 1.14. The lowest BCUT2D eigenvalue weighted by molar-refractivity contribution is 0.449. The van der Waals surface area contributed by atoms with E-state index in [0.717, 1.165) is 12.8 Å². The number of hydrogen-bond donors (Lipinski definition) is 0. The van der Waals surface area contributed by atoms with Crippen LogP contribution < -0.4 is 0 Å². The van der Waals surface area contributed by atoms with Gasteiger partial charge in [0, 0.05) is 6.42 Å². The summed E-state index contributed by atoms with van der Waals surface area (Å²) >= 11 is 5.85. The second kappa shape index (κ2) is 5.32. The maximum absolute atomic E-state index is 5.85. The monoisotopic (exact) mass is 250 g/mol. The second-order valence-electron chi connectivity index (χ2n) is 4.14. The number of hydrogen-bond acceptors (Lipinski definition) is 3. The molecule has 0 N–H and O–H groups in total. The molecule has 0 aliphatic heterocycles. The molecule has 1 unspecified atom stereocenters. The van der Waals surface area contributed by atoms with Gasteiger partial charge in [0.1, 0.15) is 5.38 Å². The van der Waals surface area contributed by atoms with Crippen LogP contribution in [0.1, 0.15) is 35.2 Å². The molecule has 1 atom stereocenters. The van der Waals surface area contributed by atoms with Crippen LogP contribution in [0.2, 0.25) is 0 Å². The largest absolute Gasteiger partial charge is 0.424 e. The van der Waals surface area contributed by atoms with Gasteiger partial charge in [-0.05, 0) is 25.8 Å². The van der Waals surface area contributed by atoms with Gasteiger partial charge in [0.15, 0.2) is 0 Å². The maximum atomic E-state index is 5.85. The highest BCUT2D eigenvalue weighted by Gasteiger charge is 2.10. The smallest absolute Gasteiger partial charge is 0.234 e. The lowest BCUT2D eigenvalue weighted by atomic mass is 10.1. The minimum Gasteiger partial charge on any atom is -0.424 e. The fourth-order valence-corrected chi connectivity index (χ4v) is 1.62. The zero-order chi connectivity index (χ0) is 12.3. The number of alkyl halides is 1. The Balaban J connectivity index is 1.95. The van der Waals surface area contributed by atoms with Crippen molar-refractivity contribution in [2.24, 2.45) is 0 Å². The van der Waals surface area contributed by atoms with Crippen molar-refractivity contribution in [3.63, 3.8) is 0 Å². The van der Waals surface area contributed by atoms with E-state index in [1.165, 1.54) is 11.1 Å².